The molecule has 1 aromatic rings. The van der Waals surface area contributed by atoms with Gasteiger partial charge in [0.15, 0.2) is 0 Å². The van der Waals surface area contributed by atoms with Crippen molar-refractivity contribution in [2.75, 3.05) is 18.8 Å². The van der Waals surface area contributed by atoms with E-state index in [1.807, 2.05) is 0 Å². The highest BCUT2D eigenvalue weighted by Gasteiger charge is 2.30. The number of nitrogen functional groups attached to an aromatic ring is 1. The predicted octanol–water partition coefficient (Wildman–Crippen LogP) is 2.70. The summed E-state index contributed by atoms with van der Waals surface area (Å²) in [7, 11) is 0. The van der Waals surface area contributed by atoms with E-state index in [-0.39, 0.29) is 18.9 Å². The van der Waals surface area contributed by atoms with Gasteiger partial charge in [-0.2, -0.15) is 13.2 Å². The summed E-state index contributed by atoms with van der Waals surface area (Å²) in [6.45, 7) is 0.939. The first-order valence-electron chi connectivity index (χ1n) is 5.02. The zero-order valence-corrected chi connectivity index (χ0v) is 10.0. The quantitative estimate of drug-likeness (QED) is 0.912. The van der Waals surface area contributed by atoms with E-state index >= 15 is 0 Å². The third-order valence-corrected chi connectivity index (χ3v) is 2.51. The van der Waals surface area contributed by atoms with E-state index in [1.165, 1.54) is 17.0 Å². The van der Waals surface area contributed by atoms with Crippen LogP contribution in [0.25, 0.3) is 0 Å². The number of alkyl halides is 3. The largest absolute Gasteiger partial charge is 0.401 e. The standard InChI is InChI=1S/C10H13ClF3N3/c1-2-17(6-10(12,13)14)5-8-7(11)3-4-9(15)16-8/h3-4H,2,5-6H2,1H3,(H2,15,16). The first-order chi connectivity index (χ1) is 7.81. The Kier molecular flexibility index (Phi) is 4.59. The van der Waals surface area contributed by atoms with Crippen LogP contribution in [0, 0.1) is 0 Å². The van der Waals surface area contributed by atoms with Gasteiger partial charge in [-0.3, -0.25) is 4.90 Å². The third-order valence-electron chi connectivity index (χ3n) is 2.16. The summed E-state index contributed by atoms with van der Waals surface area (Å²) in [6, 6.07) is 3.03. The highest BCUT2D eigenvalue weighted by molar-refractivity contribution is 6.31. The summed E-state index contributed by atoms with van der Waals surface area (Å²) in [5.74, 6) is 0.243. The van der Waals surface area contributed by atoms with Crippen molar-refractivity contribution in [3.8, 4) is 0 Å². The van der Waals surface area contributed by atoms with Gasteiger partial charge < -0.3 is 5.73 Å². The highest BCUT2D eigenvalue weighted by atomic mass is 35.5. The van der Waals surface area contributed by atoms with Crippen molar-refractivity contribution in [1.82, 2.24) is 9.88 Å². The van der Waals surface area contributed by atoms with Crippen molar-refractivity contribution >= 4 is 17.4 Å². The minimum Gasteiger partial charge on any atom is -0.384 e. The second-order valence-electron chi connectivity index (χ2n) is 3.58. The molecule has 17 heavy (non-hydrogen) atoms. The van der Waals surface area contributed by atoms with Crippen LogP contribution in [0.1, 0.15) is 12.6 Å². The van der Waals surface area contributed by atoms with Crippen LogP contribution >= 0.6 is 11.6 Å². The van der Waals surface area contributed by atoms with Crippen LogP contribution in [0.15, 0.2) is 12.1 Å². The Morgan fingerprint density at radius 1 is 1.41 bits per heavy atom. The molecule has 2 N–H and O–H groups in total. The van der Waals surface area contributed by atoms with Crippen LogP contribution in [-0.4, -0.2) is 29.1 Å². The molecule has 0 aliphatic carbocycles. The van der Waals surface area contributed by atoms with Crippen LogP contribution in [0.3, 0.4) is 0 Å². The SMILES string of the molecule is CCN(Cc1nc(N)ccc1Cl)CC(F)(F)F. The van der Waals surface area contributed by atoms with Crippen LogP contribution < -0.4 is 5.73 Å². The number of hydrogen-bond donors (Lipinski definition) is 1. The van der Waals surface area contributed by atoms with E-state index in [1.54, 1.807) is 6.92 Å². The van der Waals surface area contributed by atoms with Crippen molar-refractivity contribution in [1.29, 1.82) is 0 Å². The number of nitrogens with zero attached hydrogens (tertiary/aromatic N) is 2. The Balaban J connectivity index is 2.77. The van der Waals surface area contributed by atoms with Gasteiger partial charge in [0.1, 0.15) is 5.82 Å². The smallest absolute Gasteiger partial charge is 0.384 e. The number of nitrogens with two attached hydrogens (primary N) is 1. The maximum absolute atomic E-state index is 12.3. The molecular formula is C10H13ClF3N3. The summed E-state index contributed by atoms with van der Waals surface area (Å²) < 4.78 is 36.8. The first kappa shape index (κ1) is 14.1. The number of anilines is 1. The van der Waals surface area contributed by atoms with Gasteiger partial charge in [0.25, 0.3) is 0 Å². The van der Waals surface area contributed by atoms with E-state index in [2.05, 4.69) is 4.98 Å². The van der Waals surface area contributed by atoms with Crippen LogP contribution in [0.4, 0.5) is 19.0 Å². The lowest BCUT2D eigenvalue weighted by atomic mass is 10.3. The molecule has 0 aliphatic rings. The van der Waals surface area contributed by atoms with Crippen LogP contribution in [-0.2, 0) is 6.54 Å². The predicted molar refractivity (Wildman–Crippen MR) is 60.7 cm³/mol. The number of halogens is 4. The third kappa shape index (κ3) is 4.79. The van der Waals surface area contributed by atoms with Crippen molar-refractivity contribution in [3.63, 3.8) is 0 Å². The zero-order valence-electron chi connectivity index (χ0n) is 9.26. The summed E-state index contributed by atoms with van der Waals surface area (Å²) in [5.41, 5.74) is 5.82. The maximum atomic E-state index is 12.3. The number of hydrogen-bond acceptors (Lipinski definition) is 3. The Morgan fingerprint density at radius 2 is 2.06 bits per heavy atom. The Morgan fingerprint density at radius 3 is 2.59 bits per heavy atom. The van der Waals surface area contributed by atoms with Gasteiger partial charge in [-0.1, -0.05) is 18.5 Å². The molecule has 7 heteroatoms. The fourth-order valence-electron chi connectivity index (χ4n) is 1.36. The minimum absolute atomic E-state index is 0.0277. The second kappa shape index (κ2) is 5.55. The minimum atomic E-state index is -4.23. The van der Waals surface area contributed by atoms with Crippen LogP contribution in [0.5, 0.6) is 0 Å². The van der Waals surface area contributed by atoms with E-state index < -0.39 is 12.7 Å². The van der Waals surface area contributed by atoms with Gasteiger partial charge in [-0.15, -0.1) is 0 Å². The molecule has 0 bridgehead atoms. The molecule has 0 unspecified atom stereocenters. The Bertz CT molecular complexity index is 382. The Labute approximate surface area is 102 Å². The molecule has 0 aromatic carbocycles. The summed E-state index contributed by atoms with van der Waals surface area (Å²) in [5, 5.41) is 0.319. The molecule has 0 spiro atoms. The number of aromatic nitrogens is 1. The molecule has 0 aliphatic heterocycles. The lowest BCUT2D eigenvalue weighted by Gasteiger charge is -2.21. The van der Waals surface area contributed by atoms with Crippen LogP contribution in [0.2, 0.25) is 5.02 Å². The van der Waals surface area contributed by atoms with Crippen molar-refractivity contribution < 1.29 is 13.2 Å². The molecule has 1 rings (SSSR count). The molecule has 96 valence electrons. The topological polar surface area (TPSA) is 42.2 Å². The van der Waals surface area contributed by atoms with Gasteiger partial charge in [-0.25, -0.2) is 4.98 Å². The zero-order chi connectivity index (χ0) is 13.1. The molecule has 0 fully saturated rings. The summed E-state index contributed by atoms with van der Waals surface area (Å²) in [6.07, 6.45) is -4.23. The number of pyridine rings is 1. The van der Waals surface area contributed by atoms with Crippen molar-refractivity contribution in [2.24, 2.45) is 0 Å². The molecule has 1 aromatic heterocycles. The van der Waals surface area contributed by atoms with Gasteiger partial charge >= 0.3 is 6.18 Å². The first-order valence-corrected chi connectivity index (χ1v) is 5.39. The Hall–Kier alpha value is -1.01. The van der Waals surface area contributed by atoms with Gasteiger partial charge in [-0.05, 0) is 18.7 Å². The normalized spacial score (nSPS) is 12.1. The van der Waals surface area contributed by atoms with E-state index in [0.29, 0.717) is 10.7 Å². The molecule has 1 heterocycles. The molecule has 0 amide bonds. The van der Waals surface area contributed by atoms with E-state index in [0.717, 1.165) is 0 Å². The van der Waals surface area contributed by atoms with Gasteiger partial charge in [0.05, 0.1) is 17.3 Å². The average molecular weight is 268 g/mol. The summed E-state index contributed by atoms with van der Waals surface area (Å²) in [4.78, 5) is 5.13. The number of rotatable bonds is 4. The van der Waals surface area contributed by atoms with E-state index in [4.69, 9.17) is 17.3 Å². The maximum Gasteiger partial charge on any atom is 0.401 e. The van der Waals surface area contributed by atoms with E-state index in [9.17, 15) is 13.2 Å². The monoisotopic (exact) mass is 267 g/mol. The molecule has 0 saturated carbocycles. The lowest BCUT2D eigenvalue weighted by Crippen LogP contribution is -2.34. The lowest BCUT2D eigenvalue weighted by molar-refractivity contribution is -0.146. The van der Waals surface area contributed by atoms with Crippen molar-refractivity contribution in [2.45, 2.75) is 19.6 Å². The van der Waals surface area contributed by atoms with Gasteiger partial charge in [0.2, 0.25) is 0 Å². The molecular weight excluding hydrogens is 255 g/mol. The second-order valence-corrected chi connectivity index (χ2v) is 3.99. The van der Waals surface area contributed by atoms with Gasteiger partial charge in [0, 0.05) is 6.54 Å². The highest BCUT2D eigenvalue weighted by Crippen LogP contribution is 2.21. The fraction of sp³-hybridized carbons (Fsp3) is 0.500. The fourth-order valence-corrected chi connectivity index (χ4v) is 1.52. The molecule has 0 atom stereocenters. The molecule has 3 nitrogen and oxygen atoms in total. The van der Waals surface area contributed by atoms with Crippen molar-refractivity contribution in [3.05, 3.63) is 22.8 Å². The molecule has 0 radical (unpaired) electrons. The summed E-state index contributed by atoms with van der Waals surface area (Å²) >= 11 is 5.84. The average Bonchev–Trinajstić information content (AvgIpc) is 2.20. The molecule has 0 saturated heterocycles.